The van der Waals surface area contributed by atoms with Crippen molar-refractivity contribution in [2.24, 2.45) is 7.05 Å². The van der Waals surface area contributed by atoms with E-state index in [4.69, 9.17) is 0 Å². The van der Waals surface area contributed by atoms with Crippen molar-refractivity contribution < 1.29 is 8.42 Å². The van der Waals surface area contributed by atoms with E-state index in [0.717, 1.165) is 18.1 Å². The molecule has 2 aromatic heterocycles. The summed E-state index contributed by atoms with van der Waals surface area (Å²) in [6.07, 6.45) is 1.48. The van der Waals surface area contributed by atoms with Gasteiger partial charge in [-0.05, 0) is 45.0 Å². The van der Waals surface area contributed by atoms with Crippen molar-refractivity contribution in [1.82, 2.24) is 19.5 Å². The van der Waals surface area contributed by atoms with Gasteiger partial charge in [-0.15, -0.1) is 0 Å². The minimum atomic E-state index is -3.74. The Morgan fingerprint density at radius 2 is 1.64 bits per heavy atom. The Hall–Kier alpha value is -3.14. The van der Waals surface area contributed by atoms with Crippen molar-refractivity contribution in [2.75, 3.05) is 21.9 Å². The number of sulfonamides is 1. The fourth-order valence-corrected chi connectivity index (χ4v) is 3.64. The van der Waals surface area contributed by atoms with Gasteiger partial charge in [-0.2, -0.15) is 8.42 Å². The van der Waals surface area contributed by atoms with Gasteiger partial charge in [0.2, 0.25) is 0 Å². The summed E-state index contributed by atoms with van der Waals surface area (Å²) >= 11 is 0. The maximum Gasteiger partial charge on any atom is 0.280 e. The number of rotatable bonds is 7. The minimum absolute atomic E-state index is 0.0119. The molecule has 10 heteroatoms. The summed E-state index contributed by atoms with van der Waals surface area (Å²) in [4.78, 5) is 12.7. The Morgan fingerprint density at radius 1 is 1.00 bits per heavy atom. The predicted molar refractivity (Wildman–Crippen MR) is 109 cm³/mol. The molecular formula is C18H23N7O2S. The van der Waals surface area contributed by atoms with E-state index >= 15 is 0 Å². The van der Waals surface area contributed by atoms with Crippen LogP contribution in [-0.2, 0) is 17.1 Å². The van der Waals surface area contributed by atoms with E-state index in [-0.39, 0.29) is 5.03 Å². The fourth-order valence-electron chi connectivity index (χ4n) is 2.54. The van der Waals surface area contributed by atoms with E-state index in [0.29, 0.717) is 23.2 Å². The van der Waals surface area contributed by atoms with Gasteiger partial charge in [0, 0.05) is 37.2 Å². The molecule has 3 N–H and O–H groups in total. The number of hydrogen-bond donors (Lipinski definition) is 3. The molecule has 0 amide bonds. The average molecular weight is 401 g/mol. The van der Waals surface area contributed by atoms with Gasteiger partial charge in [0.05, 0.1) is 0 Å². The average Bonchev–Trinajstić information content (AvgIpc) is 2.96. The maximum absolute atomic E-state index is 12.5. The van der Waals surface area contributed by atoms with Crippen molar-refractivity contribution in [3.63, 3.8) is 0 Å². The van der Waals surface area contributed by atoms with E-state index in [1.54, 1.807) is 42.8 Å². The second-order valence-corrected chi connectivity index (χ2v) is 7.89. The summed E-state index contributed by atoms with van der Waals surface area (Å²) in [6, 6.07) is 8.71. The van der Waals surface area contributed by atoms with E-state index < -0.39 is 10.0 Å². The molecule has 0 fully saturated rings. The van der Waals surface area contributed by atoms with Gasteiger partial charge in [-0.3, -0.25) is 4.72 Å². The third kappa shape index (κ3) is 4.58. The normalized spacial score (nSPS) is 11.3. The van der Waals surface area contributed by atoms with Crippen LogP contribution in [0.3, 0.4) is 0 Å². The summed E-state index contributed by atoms with van der Waals surface area (Å²) in [6.45, 7) is 6.33. The van der Waals surface area contributed by atoms with Crippen LogP contribution in [0.15, 0.2) is 41.6 Å². The molecule has 1 aromatic carbocycles. The van der Waals surface area contributed by atoms with E-state index in [9.17, 15) is 8.42 Å². The number of aromatic nitrogens is 4. The highest BCUT2D eigenvalue weighted by Crippen LogP contribution is 2.21. The maximum atomic E-state index is 12.5. The van der Waals surface area contributed by atoms with Gasteiger partial charge in [0.1, 0.15) is 23.3 Å². The topological polar surface area (TPSA) is 114 Å². The summed E-state index contributed by atoms with van der Waals surface area (Å²) in [7, 11) is -1.99. The lowest BCUT2D eigenvalue weighted by Gasteiger charge is -2.10. The monoisotopic (exact) mass is 401 g/mol. The summed E-state index contributed by atoms with van der Waals surface area (Å²) in [5.74, 6) is 2.67. The van der Waals surface area contributed by atoms with Gasteiger partial charge in [-0.25, -0.2) is 15.0 Å². The summed E-state index contributed by atoms with van der Waals surface area (Å²) < 4.78 is 29.1. The number of imidazole rings is 1. The second-order valence-electron chi connectivity index (χ2n) is 6.26. The van der Waals surface area contributed by atoms with Crippen LogP contribution in [-0.4, -0.2) is 34.5 Å². The lowest BCUT2D eigenvalue weighted by molar-refractivity contribution is 0.598. The molecule has 0 aliphatic carbocycles. The van der Waals surface area contributed by atoms with Gasteiger partial charge in [0.15, 0.2) is 5.03 Å². The third-order valence-corrected chi connectivity index (χ3v) is 5.22. The molecule has 0 spiro atoms. The zero-order valence-corrected chi connectivity index (χ0v) is 17.0. The smallest absolute Gasteiger partial charge is 0.280 e. The van der Waals surface area contributed by atoms with Crippen LogP contribution in [0.5, 0.6) is 0 Å². The second kappa shape index (κ2) is 7.85. The lowest BCUT2D eigenvalue weighted by atomic mass is 10.3. The van der Waals surface area contributed by atoms with Crippen molar-refractivity contribution in [3.8, 4) is 0 Å². The van der Waals surface area contributed by atoms with E-state index in [1.807, 2.05) is 19.9 Å². The third-order valence-electron chi connectivity index (χ3n) is 3.97. The molecule has 9 nitrogen and oxygen atoms in total. The summed E-state index contributed by atoms with van der Waals surface area (Å²) in [5, 5.41) is 6.34. The van der Waals surface area contributed by atoms with Crippen molar-refractivity contribution >= 4 is 33.0 Å². The first-order valence-electron chi connectivity index (χ1n) is 8.76. The molecule has 148 valence electrons. The van der Waals surface area contributed by atoms with Crippen LogP contribution in [0.25, 0.3) is 0 Å². The van der Waals surface area contributed by atoms with Crippen LogP contribution in [0.2, 0.25) is 0 Å². The standard InChI is InChI=1S/C18H23N7O2S/c1-5-19-16-10-17(21-12(2)20-16)23-14-6-8-15(9-7-14)24-28(26,27)18-11-25(4)13(3)22-18/h6-11,24H,5H2,1-4H3,(H2,19,20,21,23). The minimum Gasteiger partial charge on any atom is -0.370 e. The molecule has 3 aromatic rings. The molecule has 28 heavy (non-hydrogen) atoms. The molecule has 0 aliphatic heterocycles. The fraction of sp³-hybridized carbons (Fsp3) is 0.278. The van der Waals surface area contributed by atoms with Crippen molar-refractivity contribution in [3.05, 3.63) is 48.2 Å². The Morgan fingerprint density at radius 3 is 2.25 bits per heavy atom. The van der Waals surface area contributed by atoms with Gasteiger partial charge >= 0.3 is 0 Å². The quantitative estimate of drug-likeness (QED) is 0.558. The zero-order chi connectivity index (χ0) is 20.3. The van der Waals surface area contributed by atoms with Gasteiger partial charge < -0.3 is 15.2 Å². The first kappa shape index (κ1) is 19.6. The number of nitrogens with zero attached hydrogens (tertiary/aromatic N) is 4. The molecular weight excluding hydrogens is 378 g/mol. The molecule has 3 rings (SSSR count). The molecule has 0 unspecified atom stereocenters. The Labute approximate surface area is 164 Å². The van der Waals surface area contributed by atoms with E-state index in [2.05, 4.69) is 30.3 Å². The Bertz CT molecular complexity index is 1060. The number of nitrogens with one attached hydrogen (secondary N) is 3. The number of aryl methyl sites for hydroxylation is 3. The Kier molecular flexibility index (Phi) is 5.50. The van der Waals surface area contributed by atoms with Crippen LogP contribution in [0.1, 0.15) is 18.6 Å². The van der Waals surface area contributed by atoms with Crippen LogP contribution in [0, 0.1) is 13.8 Å². The molecule has 0 saturated carbocycles. The first-order chi connectivity index (χ1) is 13.3. The van der Waals surface area contributed by atoms with E-state index in [1.165, 1.54) is 6.20 Å². The predicted octanol–water partition coefficient (Wildman–Crippen LogP) is 2.80. The van der Waals surface area contributed by atoms with Crippen LogP contribution < -0.4 is 15.4 Å². The lowest BCUT2D eigenvalue weighted by Crippen LogP contribution is -2.13. The molecule has 0 saturated heterocycles. The number of benzene rings is 1. The highest BCUT2D eigenvalue weighted by atomic mass is 32.2. The first-order valence-corrected chi connectivity index (χ1v) is 10.2. The van der Waals surface area contributed by atoms with Gasteiger partial charge in [-0.1, -0.05) is 0 Å². The van der Waals surface area contributed by atoms with Gasteiger partial charge in [0.25, 0.3) is 10.0 Å². The van der Waals surface area contributed by atoms with Crippen molar-refractivity contribution in [1.29, 1.82) is 0 Å². The molecule has 2 heterocycles. The molecule has 0 atom stereocenters. The highest BCUT2D eigenvalue weighted by molar-refractivity contribution is 7.92. The number of anilines is 4. The number of hydrogen-bond acceptors (Lipinski definition) is 7. The largest absolute Gasteiger partial charge is 0.370 e. The Balaban J connectivity index is 1.73. The molecule has 0 radical (unpaired) electrons. The van der Waals surface area contributed by atoms with Crippen molar-refractivity contribution in [2.45, 2.75) is 25.8 Å². The molecule has 0 bridgehead atoms. The molecule has 0 aliphatic rings. The van der Waals surface area contributed by atoms with Crippen LogP contribution >= 0.6 is 0 Å². The SMILES string of the molecule is CCNc1cc(Nc2ccc(NS(=O)(=O)c3cn(C)c(C)n3)cc2)nc(C)n1. The van der Waals surface area contributed by atoms with Crippen LogP contribution in [0.4, 0.5) is 23.0 Å². The highest BCUT2D eigenvalue weighted by Gasteiger charge is 2.18. The summed E-state index contributed by atoms with van der Waals surface area (Å²) in [5.41, 5.74) is 1.22. The zero-order valence-electron chi connectivity index (χ0n) is 16.2.